The number of hydrogen-bond acceptors (Lipinski definition) is 12. The largest absolute Gasteiger partial charge is 0.472 e. The molecule has 13 nitrogen and oxygen atoms in total. The minimum atomic E-state index is -5.11. The van der Waals surface area contributed by atoms with Crippen LogP contribution in [0.4, 0.5) is 0 Å². The summed E-state index contributed by atoms with van der Waals surface area (Å²) in [6.07, 6.45) is 18.5. The summed E-state index contributed by atoms with van der Waals surface area (Å²) >= 11 is 0. The van der Waals surface area contributed by atoms with Crippen molar-refractivity contribution in [2.75, 3.05) is 13.2 Å². The lowest BCUT2D eigenvalue weighted by Gasteiger charge is -2.41. The lowest BCUT2D eigenvalue weighted by Crippen LogP contribution is -2.64. The van der Waals surface area contributed by atoms with Crippen molar-refractivity contribution in [2.24, 2.45) is 0 Å². The van der Waals surface area contributed by atoms with E-state index in [-0.39, 0.29) is 12.8 Å². The second kappa shape index (κ2) is 32.5. The van der Waals surface area contributed by atoms with Gasteiger partial charge in [0, 0.05) is 12.8 Å². The number of hydrogen-bond donors (Lipinski definition) is 6. The molecule has 324 valence electrons. The van der Waals surface area contributed by atoms with Gasteiger partial charge < -0.3 is 39.9 Å². The van der Waals surface area contributed by atoms with Crippen LogP contribution in [0.3, 0.4) is 0 Å². The molecule has 6 N–H and O–H groups in total. The predicted molar refractivity (Wildman–Crippen MR) is 212 cm³/mol. The van der Waals surface area contributed by atoms with Gasteiger partial charge in [0.2, 0.25) is 0 Å². The molecule has 0 aromatic carbocycles. The highest BCUT2D eigenvalue weighted by Crippen LogP contribution is 2.47. The molecular formula is C41H77O13P. The third-order valence-corrected chi connectivity index (χ3v) is 11.1. The van der Waals surface area contributed by atoms with Crippen molar-refractivity contribution in [2.45, 2.75) is 224 Å². The standard InChI is InChI=1S/C41H77O13P/c1-3-5-7-9-11-13-15-17-18-20-21-23-25-27-29-34(42)51-31-33(53-35(43)30-28-26-24-22-19-16-14-12-10-8-6-4-2)32-52-55(49,50)54-41-39(47)37(45)36(44)38(46)40(41)48/h12,14,33,36-41,44-48H,3-11,13,15-32H2,1-2H3,(H,49,50)/b14-12-. The molecule has 6 unspecified atom stereocenters. The summed E-state index contributed by atoms with van der Waals surface area (Å²) in [6, 6.07) is 0. The Balaban J connectivity index is 2.49. The van der Waals surface area contributed by atoms with Crippen molar-refractivity contribution in [3.8, 4) is 0 Å². The first-order valence-corrected chi connectivity index (χ1v) is 23.0. The van der Waals surface area contributed by atoms with Gasteiger partial charge in [0.1, 0.15) is 43.2 Å². The van der Waals surface area contributed by atoms with E-state index in [1.807, 2.05) is 0 Å². The maximum absolute atomic E-state index is 12.8. The zero-order valence-electron chi connectivity index (χ0n) is 34.0. The molecule has 14 heteroatoms. The third kappa shape index (κ3) is 25.5. The van der Waals surface area contributed by atoms with E-state index in [9.17, 15) is 44.6 Å². The summed E-state index contributed by atoms with van der Waals surface area (Å²) < 4.78 is 33.4. The number of phosphoric acid groups is 1. The molecule has 0 bridgehead atoms. The van der Waals surface area contributed by atoms with Gasteiger partial charge in [-0.2, -0.15) is 0 Å². The molecule has 1 saturated carbocycles. The highest BCUT2D eigenvalue weighted by atomic mass is 31.2. The molecule has 0 amide bonds. The van der Waals surface area contributed by atoms with Crippen LogP contribution in [0.15, 0.2) is 12.2 Å². The van der Waals surface area contributed by atoms with E-state index in [0.29, 0.717) is 12.8 Å². The van der Waals surface area contributed by atoms with Crippen molar-refractivity contribution in [1.82, 2.24) is 0 Å². The van der Waals surface area contributed by atoms with Crippen LogP contribution in [0.1, 0.15) is 181 Å². The fourth-order valence-electron chi connectivity index (χ4n) is 6.58. The average Bonchev–Trinajstić information content (AvgIpc) is 3.16. The van der Waals surface area contributed by atoms with Crippen LogP contribution in [0.2, 0.25) is 0 Å². The first kappa shape index (κ1) is 51.6. The summed E-state index contributed by atoms with van der Waals surface area (Å²) in [4.78, 5) is 35.5. The Bertz CT molecular complexity index is 1030. The van der Waals surface area contributed by atoms with Gasteiger partial charge in [-0.3, -0.25) is 18.6 Å². The lowest BCUT2D eigenvalue weighted by molar-refractivity contribution is -0.220. The highest BCUT2D eigenvalue weighted by molar-refractivity contribution is 7.47. The fourth-order valence-corrected chi connectivity index (χ4v) is 7.55. The molecule has 1 aliphatic carbocycles. The molecule has 0 heterocycles. The molecule has 55 heavy (non-hydrogen) atoms. The Morgan fingerprint density at radius 3 is 1.42 bits per heavy atom. The molecular weight excluding hydrogens is 731 g/mol. The second-order valence-electron chi connectivity index (χ2n) is 15.2. The van der Waals surface area contributed by atoms with Crippen molar-refractivity contribution in [1.29, 1.82) is 0 Å². The van der Waals surface area contributed by atoms with Gasteiger partial charge >= 0.3 is 19.8 Å². The fraction of sp³-hybridized carbons (Fsp3) is 0.902. The molecule has 0 radical (unpaired) electrons. The van der Waals surface area contributed by atoms with Gasteiger partial charge in [-0.25, -0.2) is 4.57 Å². The lowest BCUT2D eigenvalue weighted by atomic mass is 9.85. The number of unbranched alkanes of at least 4 members (excludes halogenated alkanes) is 21. The molecule has 0 aromatic heterocycles. The summed E-state index contributed by atoms with van der Waals surface area (Å²) in [5.74, 6) is -1.10. The van der Waals surface area contributed by atoms with Crippen LogP contribution in [-0.4, -0.2) is 98.3 Å². The first-order valence-electron chi connectivity index (χ1n) is 21.5. The number of aliphatic hydroxyl groups is 5. The molecule has 1 fully saturated rings. The number of carbonyl (C=O) groups excluding carboxylic acids is 2. The minimum absolute atomic E-state index is 0.0900. The van der Waals surface area contributed by atoms with E-state index in [1.54, 1.807) is 0 Å². The SMILES string of the molecule is CCCCC/C=C\CCCCCCCC(=O)OC(COC(=O)CCCCCCCCCCCCCCCC)COP(=O)(O)OC1C(O)C(O)C(O)C(O)C1O. The Labute approximate surface area is 331 Å². The van der Waals surface area contributed by atoms with Crippen LogP contribution in [0, 0.1) is 0 Å². The summed E-state index contributed by atoms with van der Waals surface area (Å²) in [6.45, 7) is 3.25. The Morgan fingerprint density at radius 2 is 0.927 bits per heavy atom. The molecule has 1 rings (SSSR count). The normalized spacial score (nSPS) is 23.1. The van der Waals surface area contributed by atoms with Crippen LogP contribution < -0.4 is 0 Å². The Morgan fingerprint density at radius 1 is 0.545 bits per heavy atom. The molecule has 0 spiro atoms. The smallest absolute Gasteiger partial charge is 0.462 e. The van der Waals surface area contributed by atoms with E-state index in [2.05, 4.69) is 26.0 Å². The van der Waals surface area contributed by atoms with Gasteiger partial charge in [-0.1, -0.05) is 142 Å². The molecule has 6 atom stereocenters. The zero-order valence-corrected chi connectivity index (χ0v) is 34.9. The second-order valence-corrected chi connectivity index (χ2v) is 16.6. The van der Waals surface area contributed by atoms with Crippen molar-refractivity contribution in [3.63, 3.8) is 0 Å². The highest BCUT2D eigenvalue weighted by Gasteiger charge is 2.51. The third-order valence-electron chi connectivity index (χ3n) is 10.1. The minimum Gasteiger partial charge on any atom is -0.462 e. The van der Waals surface area contributed by atoms with Crippen LogP contribution in [0.5, 0.6) is 0 Å². The van der Waals surface area contributed by atoms with Gasteiger partial charge in [-0.05, 0) is 38.5 Å². The average molecular weight is 809 g/mol. The van der Waals surface area contributed by atoms with E-state index in [0.717, 1.165) is 57.8 Å². The van der Waals surface area contributed by atoms with Gasteiger partial charge in [0.15, 0.2) is 6.10 Å². The quantitative estimate of drug-likeness (QED) is 0.0159. The van der Waals surface area contributed by atoms with E-state index in [4.69, 9.17) is 18.5 Å². The van der Waals surface area contributed by atoms with Crippen molar-refractivity contribution in [3.05, 3.63) is 12.2 Å². The van der Waals surface area contributed by atoms with E-state index in [1.165, 1.54) is 83.5 Å². The monoisotopic (exact) mass is 809 g/mol. The van der Waals surface area contributed by atoms with Gasteiger partial charge in [-0.15, -0.1) is 0 Å². The number of esters is 2. The summed E-state index contributed by atoms with van der Waals surface area (Å²) in [5.41, 5.74) is 0. The summed E-state index contributed by atoms with van der Waals surface area (Å²) in [5, 5.41) is 50.0. The molecule has 1 aliphatic rings. The number of allylic oxidation sites excluding steroid dienone is 2. The van der Waals surface area contributed by atoms with Gasteiger partial charge in [0.05, 0.1) is 6.61 Å². The molecule has 0 saturated heterocycles. The number of rotatable bonds is 35. The summed E-state index contributed by atoms with van der Waals surface area (Å²) in [7, 11) is -5.11. The van der Waals surface area contributed by atoms with E-state index >= 15 is 0 Å². The Kier molecular flexibility index (Phi) is 30.5. The maximum atomic E-state index is 12.8. The predicted octanol–water partition coefficient (Wildman–Crippen LogP) is 7.50. The zero-order chi connectivity index (χ0) is 40.7. The molecule has 0 aliphatic heterocycles. The first-order chi connectivity index (χ1) is 26.4. The van der Waals surface area contributed by atoms with Crippen LogP contribution in [0.25, 0.3) is 0 Å². The Hall–Kier alpha value is -1.41. The van der Waals surface area contributed by atoms with Gasteiger partial charge in [0.25, 0.3) is 0 Å². The number of phosphoric ester groups is 1. The molecule has 0 aromatic rings. The van der Waals surface area contributed by atoms with E-state index < -0.39 is 75.7 Å². The number of carbonyl (C=O) groups is 2. The number of aliphatic hydroxyl groups excluding tert-OH is 5. The van der Waals surface area contributed by atoms with Crippen molar-refractivity contribution >= 4 is 19.8 Å². The van der Waals surface area contributed by atoms with Crippen LogP contribution in [-0.2, 0) is 32.7 Å². The van der Waals surface area contributed by atoms with Crippen LogP contribution >= 0.6 is 7.82 Å². The number of ether oxygens (including phenoxy) is 2. The van der Waals surface area contributed by atoms with Crippen molar-refractivity contribution < 1.29 is 63.1 Å². The maximum Gasteiger partial charge on any atom is 0.472 e. The topological polar surface area (TPSA) is 210 Å².